The zero-order valence-corrected chi connectivity index (χ0v) is 11.7. The van der Waals surface area contributed by atoms with Crippen LogP contribution in [0.3, 0.4) is 0 Å². The monoisotopic (exact) mass is 286 g/mol. The average molecular weight is 286 g/mol. The minimum absolute atomic E-state index is 0.0725. The van der Waals surface area contributed by atoms with Crippen LogP contribution in [0.1, 0.15) is 10.4 Å². The quantitative estimate of drug-likeness (QED) is 0.718. The Balaban J connectivity index is 1.62. The molecule has 3 aromatic heterocycles. The first-order chi connectivity index (χ1) is 9.81. The summed E-state index contributed by atoms with van der Waals surface area (Å²) in [6.07, 6.45) is 2.82. The summed E-state index contributed by atoms with van der Waals surface area (Å²) in [5, 5.41) is 6.52. The normalized spacial score (nSPS) is 15.6. The largest absolute Gasteiger partial charge is 0.351 e. The lowest BCUT2D eigenvalue weighted by atomic mass is 10.1. The van der Waals surface area contributed by atoms with Gasteiger partial charge in [-0.1, -0.05) is 6.07 Å². The minimum Gasteiger partial charge on any atom is -0.280 e. The molecule has 0 unspecified atom stereocenters. The first-order valence-corrected chi connectivity index (χ1v) is 7.51. The van der Waals surface area contributed by atoms with E-state index >= 15 is 0 Å². The summed E-state index contributed by atoms with van der Waals surface area (Å²) in [6, 6.07) is 7.77. The predicted molar refractivity (Wildman–Crippen MR) is 77.9 cm³/mol. The van der Waals surface area contributed by atoms with Crippen molar-refractivity contribution in [3.05, 3.63) is 56.8 Å². The zero-order chi connectivity index (χ0) is 13.5. The Morgan fingerprint density at radius 3 is 3.15 bits per heavy atom. The van der Waals surface area contributed by atoms with Gasteiger partial charge in [-0.25, -0.2) is 4.79 Å². The maximum Gasteiger partial charge on any atom is 0.351 e. The molecule has 0 atom stereocenters. The van der Waals surface area contributed by atoms with Crippen molar-refractivity contribution in [2.75, 3.05) is 6.54 Å². The molecule has 3 aromatic rings. The fourth-order valence-corrected chi connectivity index (χ4v) is 3.57. The van der Waals surface area contributed by atoms with Gasteiger partial charge in [-0.2, -0.15) is 4.68 Å². The number of nitrogens with zero attached hydrogens (tertiary/aromatic N) is 4. The molecule has 0 bridgehead atoms. The SMILES string of the molecule is O=c1n(CN2CCc3sccc3C2)nc2ccccn12. The second-order valence-electron chi connectivity index (χ2n) is 5.02. The molecule has 4 heterocycles. The van der Waals surface area contributed by atoms with Crippen LogP contribution in [-0.4, -0.2) is 25.6 Å². The fourth-order valence-electron chi connectivity index (χ4n) is 2.68. The van der Waals surface area contributed by atoms with Crippen LogP contribution in [0.15, 0.2) is 40.6 Å². The van der Waals surface area contributed by atoms with Gasteiger partial charge in [0.15, 0.2) is 5.65 Å². The maximum absolute atomic E-state index is 12.2. The summed E-state index contributed by atoms with van der Waals surface area (Å²) in [4.78, 5) is 16.0. The first kappa shape index (κ1) is 11.9. The Labute approximate surface area is 119 Å². The van der Waals surface area contributed by atoms with Gasteiger partial charge in [0.1, 0.15) is 0 Å². The van der Waals surface area contributed by atoms with Gasteiger partial charge in [0.2, 0.25) is 0 Å². The summed E-state index contributed by atoms with van der Waals surface area (Å²) in [5.41, 5.74) is 2.01. The highest BCUT2D eigenvalue weighted by Gasteiger charge is 2.18. The lowest BCUT2D eigenvalue weighted by Gasteiger charge is -2.25. The highest BCUT2D eigenvalue weighted by Crippen LogP contribution is 2.23. The van der Waals surface area contributed by atoms with Crippen molar-refractivity contribution in [2.45, 2.75) is 19.6 Å². The van der Waals surface area contributed by atoms with Crippen LogP contribution in [0.2, 0.25) is 0 Å². The molecule has 0 saturated heterocycles. The predicted octanol–water partition coefficient (Wildman–Crippen LogP) is 1.57. The van der Waals surface area contributed by atoms with Crippen LogP contribution in [-0.2, 0) is 19.6 Å². The first-order valence-electron chi connectivity index (χ1n) is 6.63. The topological polar surface area (TPSA) is 42.5 Å². The average Bonchev–Trinajstić information content (AvgIpc) is 3.05. The highest BCUT2D eigenvalue weighted by atomic mass is 32.1. The Bertz CT molecular complexity index is 816. The Hall–Kier alpha value is -1.92. The van der Waals surface area contributed by atoms with E-state index in [-0.39, 0.29) is 5.69 Å². The second kappa shape index (κ2) is 4.57. The highest BCUT2D eigenvalue weighted by molar-refractivity contribution is 7.10. The van der Waals surface area contributed by atoms with Gasteiger partial charge < -0.3 is 0 Å². The van der Waals surface area contributed by atoms with Crippen molar-refractivity contribution in [1.82, 2.24) is 19.1 Å². The van der Waals surface area contributed by atoms with Crippen LogP contribution in [0, 0.1) is 0 Å². The lowest BCUT2D eigenvalue weighted by Crippen LogP contribution is -2.35. The van der Waals surface area contributed by atoms with Crippen molar-refractivity contribution in [3.63, 3.8) is 0 Å². The molecular formula is C14H14N4OS. The summed E-state index contributed by atoms with van der Waals surface area (Å²) in [5.74, 6) is 0. The van der Waals surface area contributed by atoms with Crippen molar-refractivity contribution < 1.29 is 0 Å². The number of hydrogen-bond donors (Lipinski definition) is 0. The third-order valence-corrected chi connectivity index (χ3v) is 4.73. The molecule has 0 spiro atoms. The Morgan fingerprint density at radius 2 is 2.25 bits per heavy atom. The molecule has 0 fully saturated rings. The van der Waals surface area contributed by atoms with Gasteiger partial charge in [-0.3, -0.25) is 9.30 Å². The zero-order valence-electron chi connectivity index (χ0n) is 10.9. The van der Waals surface area contributed by atoms with Crippen molar-refractivity contribution >= 4 is 17.0 Å². The van der Waals surface area contributed by atoms with Crippen molar-refractivity contribution in [2.24, 2.45) is 0 Å². The molecular weight excluding hydrogens is 272 g/mol. The molecule has 6 heteroatoms. The van der Waals surface area contributed by atoms with E-state index in [0.29, 0.717) is 12.3 Å². The smallest absolute Gasteiger partial charge is 0.280 e. The molecule has 0 radical (unpaired) electrons. The molecule has 0 saturated carbocycles. The van der Waals surface area contributed by atoms with E-state index in [1.807, 2.05) is 29.5 Å². The molecule has 0 aromatic carbocycles. The van der Waals surface area contributed by atoms with Gasteiger partial charge in [-0.05, 0) is 35.6 Å². The van der Waals surface area contributed by atoms with E-state index in [9.17, 15) is 4.79 Å². The number of pyridine rings is 1. The minimum atomic E-state index is -0.0725. The van der Waals surface area contributed by atoms with Gasteiger partial charge >= 0.3 is 5.69 Å². The molecule has 5 nitrogen and oxygen atoms in total. The van der Waals surface area contributed by atoms with Crippen molar-refractivity contribution in [3.8, 4) is 0 Å². The molecule has 0 amide bonds. The lowest BCUT2D eigenvalue weighted by molar-refractivity contribution is 0.188. The molecule has 1 aliphatic rings. The van der Waals surface area contributed by atoms with Crippen molar-refractivity contribution in [1.29, 1.82) is 0 Å². The van der Waals surface area contributed by atoms with Crippen LogP contribution < -0.4 is 5.69 Å². The number of fused-ring (bicyclic) bond motifs is 2. The number of hydrogen-bond acceptors (Lipinski definition) is 4. The van der Waals surface area contributed by atoms with Crippen LogP contribution in [0.25, 0.3) is 5.65 Å². The number of thiophene rings is 1. The summed E-state index contributed by atoms with van der Waals surface area (Å²) in [7, 11) is 0. The fraction of sp³-hybridized carbons (Fsp3) is 0.286. The molecule has 0 N–H and O–H groups in total. The summed E-state index contributed by atoms with van der Waals surface area (Å²) in [6.45, 7) is 2.43. The number of rotatable bonds is 2. The molecule has 20 heavy (non-hydrogen) atoms. The molecule has 4 rings (SSSR count). The Morgan fingerprint density at radius 1 is 1.30 bits per heavy atom. The summed E-state index contributed by atoms with van der Waals surface area (Å²) >= 11 is 1.83. The van der Waals surface area contributed by atoms with E-state index in [4.69, 9.17) is 0 Å². The second-order valence-corrected chi connectivity index (χ2v) is 6.02. The third-order valence-electron chi connectivity index (χ3n) is 3.71. The van der Waals surface area contributed by atoms with Crippen LogP contribution >= 0.6 is 11.3 Å². The standard InChI is InChI=1S/C14H14N4OS/c19-14-17-6-2-1-3-13(17)15-18(14)10-16-7-4-12-11(9-16)5-8-20-12/h1-3,5-6,8H,4,7,9-10H2. The van der Waals surface area contributed by atoms with E-state index in [1.165, 1.54) is 10.4 Å². The molecule has 102 valence electrons. The number of aromatic nitrogens is 3. The third kappa shape index (κ3) is 1.88. The van der Waals surface area contributed by atoms with E-state index in [1.54, 1.807) is 15.3 Å². The van der Waals surface area contributed by atoms with Gasteiger partial charge in [0, 0.05) is 24.2 Å². The van der Waals surface area contributed by atoms with Crippen LogP contribution in [0.5, 0.6) is 0 Å². The van der Waals surface area contributed by atoms with Gasteiger partial charge in [0.05, 0.1) is 6.67 Å². The van der Waals surface area contributed by atoms with E-state index < -0.39 is 0 Å². The van der Waals surface area contributed by atoms with Crippen LogP contribution in [0.4, 0.5) is 0 Å². The molecule has 1 aliphatic heterocycles. The summed E-state index contributed by atoms with van der Waals surface area (Å²) < 4.78 is 3.13. The van der Waals surface area contributed by atoms with E-state index in [0.717, 1.165) is 19.5 Å². The van der Waals surface area contributed by atoms with E-state index in [2.05, 4.69) is 21.4 Å². The molecule has 0 aliphatic carbocycles. The Kier molecular flexibility index (Phi) is 2.71. The van der Waals surface area contributed by atoms with Gasteiger partial charge in [-0.15, -0.1) is 16.4 Å². The van der Waals surface area contributed by atoms with Gasteiger partial charge in [0.25, 0.3) is 0 Å². The maximum atomic E-state index is 12.2.